The maximum atomic E-state index is 2.86. The summed E-state index contributed by atoms with van der Waals surface area (Å²) in [6, 6.07) is 0. The molecule has 34 heavy (non-hydrogen) atoms. The van der Waals surface area contributed by atoms with Gasteiger partial charge in [0.1, 0.15) is 0 Å². The zero-order valence-electron chi connectivity index (χ0n) is 24.3. The van der Waals surface area contributed by atoms with Crippen molar-refractivity contribution >= 4 is 21.6 Å². The van der Waals surface area contributed by atoms with E-state index in [9.17, 15) is 0 Å². The molecule has 0 rings (SSSR count). The fourth-order valence-corrected chi connectivity index (χ4v) is 6.05. The molecule has 0 aromatic carbocycles. The van der Waals surface area contributed by atoms with E-state index in [0.717, 1.165) is 0 Å². The fourth-order valence-electron chi connectivity index (χ4n) is 5.77. The molecule has 0 aromatic heterocycles. The van der Waals surface area contributed by atoms with E-state index in [-0.39, 0.29) is 12.4 Å². The van der Waals surface area contributed by atoms with Gasteiger partial charge in [-0.3, -0.25) is 0 Å². The van der Waals surface area contributed by atoms with Crippen molar-refractivity contribution in [2.24, 2.45) is 5.41 Å². The molecule has 208 valence electrons. The van der Waals surface area contributed by atoms with Crippen LogP contribution in [0.2, 0.25) is 0 Å². The lowest BCUT2D eigenvalue weighted by Gasteiger charge is -2.35. The topological polar surface area (TPSA) is 0 Å². The van der Waals surface area contributed by atoms with Crippen molar-refractivity contribution in [2.45, 2.75) is 194 Å². The second-order valence-electron chi connectivity index (χ2n) is 11.4. The van der Waals surface area contributed by atoms with Crippen molar-refractivity contribution in [1.82, 2.24) is 0 Å². The van der Waals surface area contributed by atoms with Gasteiger partial charge in [0, 0.05) is 0 Å². The molecule has 0 aliphatic heterocycles. The van der Waals surface area contributed by atoms with Gasteiger partial charge < -0.3 is 0 Å². The van der Waals surface area contributed by atoms with E-state index >= 15 is 0 Å². The average molecular weight is 519 g/mol. The SMILES string of the molecule is CCCCCCC(CCCCCC)(CCCCCC)CCCCCCCCCCCCCP.Cl. The Balaban J connectivity index is 0. The minimum atomic E-state index is 0. The van der Waals surface area contributed by atoms with Gasteiger partial charge in [-0.2, -0.15) is 0 Å². The van der Waals surface area contributed by atoms with Gasteiger partial charge in [0.25, 0.3) is 0 Å². The van der Waals surface area contributed by atoms with Crippen LogP contribution in [0.15, 0.2) is 0 Å². The molecule has 1 atom stereocenters. The Labute approximate surface area is 227 Å². The molecule has 0 radical (unpaired) electrons. The minimum Gasteiger partial charge on any atom is -0.147 e. The summed E-state index contributed by atoms with van der Waals surface area (Å²) in [5.41, 5.74) is 0.687. The second-order valence-corrected chi connectivity index (χ2v) is 11.9. The summed E-state index contributed by atoms with van der Waals surface area (Å²) in [5, 5.41) is 0. The molecule has 0 spiro atoms. The zero-order valence-corrected chi connectivity index (χ0v) is 26.3. The summed E-state index contributed by atoms with van der Waals surface area (Å²) in [6.07, 6.45) is 41.0. The minimum absolute atomic E-state index is 0. The number of hydrogen-bond acceptors (Lipinski definition) is 0. The van der Waals surface area contributed by atoms with E-state index in [1.807, 2.05) is 0 Å². The van der Waals surface area contributed by atoms with E-state index in [1.54, 1.807) is 0 Å². The predicted octanol–water partition coefficient (Wildman–Crippen LogP) is 12.9. The molecular weight excluding hydrogens is 451 g/mol. The highest BCUT2D eigenvalue weighted by atomic mass is 35.5. The lowest BCUT2D eigenvalue weighted by Crippen LogP contribution is -2.21. The maximum absolute atomic E-state index is 2.86. The van der Waals surface area contributed by atoms with Crippen molar-refractivity contribution < 1.29 is 0 Å². The number of rotatable bonds is 28. The van der Waals surface area contributed by atoms with Crippen molar-refractivity contribution in [3.63, 3.8) is 0 Å². The van der Waals surface area contributed by atoms with Gasteiger partial charge in [-0.05, 0) is 43.7 Å². The molecule has 0 heterocycles. The van der Waals surface area contributed by atoms with Gasteiger partial charge in [-0.25, -0.2) is 0 Å². The summed E-state index contributed by atoms with van der Waals surface area (Å²) in [5.74, 6) is 0. The third-order valence-electron chi connectivity index (χ3n) is 8.09. The Bertz CT molecular complexity index is 326. The van der Waals surface area contributed by atoms with Crippen LogP contribution in [0.4, 0.5) is 0 Å². The first-order valence-electron chi connectivity index (χ1n) is 15.9. The lowest BCUT2D eigenvalue weighted by molar-refractivity contribution is 0.172. The second kappa shape index (κ2) is 29.9. The van der Waals surface area contributed by atoms with E-state index < -0.39 is 0 Å². The van der Waals surface area contributed by atoms with Gasteiger partial charge in [0.05, 0.1) is 0 Å². The molecular formula is C32H68ClP. The Morgan fingerprint density at radius 1 is 0.353 bits per heavy atom. The van der Waals surface area contributed by atoms with Crippen LogP contribution < -0.4 is 0 Å². The molecule has 0 fully saturated rings. The highest BCUT2D eigenvalue weighted by molar-refractivity contribution is 7.16. The first-order valence-corrected chi connectivity index (χ1v) is 16.8. The van der Waals surface area contributed by atoms with Crippen LogP contribution in [0.1, 0.15) is 194 Å². The third kappa shape index (κ3) is 24.4. The Kier molecular flexibility index (Phi) is 32.5. The van der Waals surface area contributed by atoms with Crippen LogP contribution in [0.25, 0.3) is 0 Å². The first-order chi connectivity index (χ1) is 16.2. The Morgan fingerprint density at radius 2 is 0.588 bits per heavy atom. The molecule has 0 saturated carbocycles. The Hall–Kier alpha value is 0.720. The number of hydrogen-bond donors (Lipinski definition) is 0. The molecule has 0 aromatic rings. The van der Waals surface area contributed by atoms with Gasteiger partial charge in [-0.1, -0.05) is 162 Å². The third-order valence-corrected chi connectivity index (χ3v) is 8.50. The van der Waals surface area contributed by atoms with Crippen molar-refractivity contribution in [3.8, 4) is 0 Å². The normalized spacial score (nSPS) is 11.6. The maximum Gasteiger partial charge on any atom is -0.0297 e. The summed E-state index contributed by atoms with van der Waals surface area (Å²) in [4.78, 5) is 0. The average Bonchev–Trinajstić information content (AvgIpc) is 2.83. The molecule has 0 nitrogen and oxygen atoms in total. The monoisotopic (exact) mass is 518 g/mol. The van der Waals surface area contributed by atoms with E-state index in [2.05, 4.69) is 30.0 Å². The molecule has 1 unspecified atom stereocenters. The van der Waals surface area contributed by atoms with Gasteiger partial charge in [0.15, 0.2) is 0 Å². The number of unbranched alkanes of at least 4 members (excludes halogenated alkanes) is 19. The number of halogens is 1. The Morgan fingerprint density at radius 3 is 0.853 bits per heavy atom. The van der Waals surface area contributed by atoms with Crippen molar-refractivity contribution in [2.75, 3.05) is 6.16 Å². The fraction of sp³-hybridized carbons (Fsp3) is 1.00. The summed E-state index contributed by atoms with van der Waals surface area (Å²) in [6.45, 7) is 7.07. The van der Waals surface area contributed by atoms with E-state index in [1.165, 1.54) is 180 Å². The van der Waals surface area contributed by atoms with Crippen LogP contribution in [0, 0.1) is 5.41 Å². The van der Waals surface area contributed by atoms with Crippen molar-refractivity contribution in [3.05, 3.63) is 0 Å². The molecule has 0 saturated heterocycles. The smallest absolute Gasteiger partial charge is 0.0297 e. The summed E-state index contributed by atoms with van der Waals surface area (Å²) >= 11 is 0. The molecule has 0 amide bonds. The highest BCUT2D eigenvalue weighted by Crippen LogP contribution is 2.42. The molecule has 0 N–H and O–H groups in total. The zero-order chi connectivity index (χ0) is 24.3. The quantitative estimate of drug-likeness (QED) is 0.0713. The van der Waals surface area contributed by atoms with Gasteiger partial charge in [-0.15, -0.1) is 21.6 Å². The summed E-state index contributed by atoms with van der Waals surface area (Å²) in [7, 11) is 2.86. The van der Waals surface area contributed by atoms with Crippen molar-refractivity contribution in [1.29, 1.82) is 0 Å². The van der Waals surface area contributed by atoms with Crippen LogP contribution in [0.5, 0.6) is 0 Å². The van der Waals surface area contributed by atoms with Crippen LogP contribution in [-0.4, -0.2) is 6.16 Å². The van der Waals surface area contributed by atoms with E-state index in [4.69, 9.17) is 0 Å². The standard InChI is InChI=1S/C32H67P.ClH/c1-4-7-10-22-27-32(28-23-11-8-5-2,29-24-12-9-6-3)30-25-20-18-16-14-13-15-17-19-21-26-31-33;/h4-31,33H2,1-3H3;1H. The highest BCUT2D eigenvalue weighted by Gasteiger charge is 2.28. The first kappa shape index (κ1) is 36.9. The molecule has 0 bridgehead atoms. The molecule has 2 heteroatoms. The molecule has 0 aliphatic carbocycles. The van der Waals surface area contributed by atoms with Gasteiger partial charge >= 0.3 is 0 Å². The van der Waals surface area contributed by atoms with Crippen LogP contribution >= 0.6 is 21.6 Å². The van der Waals surface area contributed by atoms with Crippen LogP contribution in [-0.2, 0) is 0 Å². The largest absolute Gasteiger partial charge is 0.147 e. The van der Waals surface area contributed by atoms with Crippen LogP contribution in [0.3, 0.4) is 0 Å². The summed E-state index contributed by atoms with van der Waals surface area (Å²) < 4.78 is 0. The lowest BCUT2D eigenvalue weighted by atomic mass is 9.70. The predicted molar refractivity (Wildman–Crippen MR) is 166 cm³/mol. The van der Waals surface area contributed by atoms with Gasteiger partial charge in [0.2, 0.25) is 0 Å². The molecule has 0 aliphatic rings. The van der Waals surface area contributed by atoms with E-state index in [0.29, 0.717) is 5.41 Å².